The summed E-state index contributed by atoms with van der Waals surface area (Å²) in [5.74, 6) is 0. The Morgan fingerprint density at radius 1 is 1.12 bits per heavy atom. The topological polar surface area (TPSA) is 56.9 Å². The zero-order valence-electron chi connectivity index (χ0n) is 9.89. The molecular formula is C11H15N3O2. The van der Waals surface area contributed by atoms with E-state index in [1.165, 1.54) is 24.0 Å². The molecule has 0 bridgehead atoms. The Kier molecular flexibility index (Phi) is 3.60. The van der Waals surface area contributed by atoms with Gasteiger partial charge in [0.05, 0.1) is 17.1 Å². The zero-order chi connectivity index (χ0) is 12.3. The second kappa shape index (κ2) is 4.74. The van der Waals surface area contributed by atoms with Crippen LogP contribution in [0.1, 0.15) is 13.8 Å². The lowest BCUT2D eigenvalue weighted by atomic mass is 10.3. The van der Waals surface area contributed by atoms with E-state index in [2.05, 4.69) is 4.98 Å². The zero-order valence-corrected chi connectivity index (χ0v) is 9.89. The summed E-state index contributed by atoms with van der Waals surface area (Å²) in [6, 6.07) is 1.61. The lowest BCUT2D eigenvalue weighted by Gasteiger charge is -2.05. The molecule has 0 unspecified atom stereocenters. The predicted molar refractivity (Wildman–Crippen MR) is 63.6 cm³/mol. The van der Waals surface area contributed by atoms with Gasteiger partial charge in [0, 0.05) is 20.3 Å². The van der Waals surface area contributed by atoms with Crippen molar-refractivity contribution in [3.8, 4) is 0 Å². The molecule has 0 N–H and O–H groups in total. The molecule has 0 aliphatic heterocycles. The van der Waals surface area contributed by atoms with E-state index >= 15 is 0 Å². The SMILES string of the molecule is CC.Cn1c(=O)c2ccncc2n(C)c1=O. The van der Waals surface area contributed by atoms with Crippen molar-refractivity contribution in [1.29, 1.82) is 0 Å². The number of rotatable bonds is 0. The van der Waals surface area contributed by atoms with Gasteiger partial charge in [-0.1, -0.05) is 13.8 Å². The molecule has 0 aliphatic rings. The maximum atomic E-state index is 11.6. The lowest BCUT2D eigenvalue weighted by molar-refractivity contribution is 0.712. The number of pyridine rings is 1. The third-order valence-electron chi connectivity index (χ3n) is 2.27. The number of aromatic nitrogens is 3. The van der Waals surface area contributed by atoms with Gasteiger partial charge >= 0.3 is 5.69 Å². The Morgan fingerprint density at radius 2 is 1.75 bits per heavy atom. The molecule has 2 aromatic rings. The van der Waals surface area contributed by atoms with Gasteiger partial charge in [0.1, 0.15) is 0 Å². The molecule has 0 amide bonds. The highest BCUT2D eigenvalue weighted by Gasteiger charge is 2.06. The Bertz CT molecular complexity index is 611. The molecule has 0 radical (unpaired) electrons. The smallest absolute Gasteiger partial charge is 0.295 e. The highest BCUT2D eigenvalue weighted by molar-refractivity contribution is 5.76. The normalized spacial score (nSPS) is 9.75. The maximum absolute atomic E-state index is 11.6. The first kappa shape index (κ1) is 12.2. The highest BCUT2D eigenvalue weighted by Crippen LogP contribution is 2.02. The van der Waals surface area contributed by atoms with Crippen LogP contribution < -0.4 is 11.2 Å². The summed E-state index contributed by atoms with van der Waals surface area (Å²) in [4.78, 5) is 27.0. The minimum atomic E-state index is -0.337. The van der Waals surface area contributed by atoms with E-state index in [1.807, 2.05) is 13.8 Å². The molecule has 2 aromatic heterocycles. The maximum Gasteiger partial charge on any atom is 0.330 e. The average Bonchev–Trinajstić information content (AvgIpc) is 2.36. The van der Waals surface area contributed by atoms with Crippen molar-refractivity contribution in [2.75, 3.05) is 0 Å². The first-order chi connectivity index (χ1) is 7.63. The van der Waals surface area contributed by atoms with Crippen LogP contribution in [0.2, 0.25) is 0 Å². The fraction of sp³-hybridized carbons (Fsp3) is 0.364. The molecule has 0 aliphatic carbocycles. The van der Waals surface area contributed by atoms with Gasteiger partial charge in [-0.3, -0.25) is 18.9 Å². The summed E-state index contributed by atoms with van der Waals surface area (Å²) in [5, 5.41) is 0.504. The van der Waals surface area contributed by atoms with Crippen molar-refractivity contribution in [3.63, 3.8) is 0 Å². The molecule has 0 fully saturated rings. The van der Waals surface area contributed by atoms with Crippen LogP contribution >= 0.6 is 0 Å². The fourth-order valence-corrected chi connectivity index (χ4v) is 1.43. The Hall–Kier alpha value is -1.91. The number of hydrogen-bond donors (Lipinski definition) is 0. The summed E-state index contributed by atoms with van der Waals surface area (Å²) in [5.41, 5.74) is -0.0680. The molecule has 5 nitrogen and oxygen atoms in total. The molecule has 2 rings (SSSR count). The van der Waals surface area contributed by atoms with Gasteiger partial charge in [-0.15, -0.1) is 0 Å². The summed E-state index contributed by atoms with van der Waals surface area (Å²) in [6.45, 7) is 4.00. The molecule has 16 heavy (non-hydrogen) atoms. The minimum absolute atomic E-state index is 0.287. The molecule has 0 spiro atoms. The summed E-state index contributed by atoms with van der Waals surface area (Å²) in [7, 11) is 3.08. The second-order valence-electron chi connectivity index (χ2n) is 3.10. The third kappa shape index (κ3) is 1.76. The van der Waals surface area contributed by atoms with Crippen molar-refractivity contribution >= 4 is 10.9 Å². The molecule has 5 heteroatoms. The van der Waals surface area contributed by atoms with Crippen LogP contribution in [0.15, 0.2) is 28.0 Å². The largest absolute Gasteiger partial charge is 0.330 e. The van der Waals surface area contributed by atoms with Gasteiger partial charge < -0.3 is 0 Å². The summed E-state index contributed by atoms with van der Waals surface area (Å²) < 4.78 is 2.49. The third-order valence-corrected chi connectivity index (χ3v) is 2.27. The van der Waals surface area contributed by atoms with Gasteiger partial charge in [-0.25, -0.2) is 4.79 Å². The molecule has 86 valence electrons. The first-order valence-corrected chi connectivity index (χ1v) is 5.12. The van der Waals surface area contributed by atoms with Crippen LogP contribution in [-0.4, -0.2) is 14.1 Å². The standard InChI is InChI=1S/C9H9N3O2.C2H6/c1-11-7-5-10-4-3-6(7)8(13)12(2)9(11)14;1-2/h3-5H,1-2H3;1-2H3. The Labute approximate surface area is 93.0 Å². The quantitative estimate of drug-likeness (QED) is 0.656. The number of hydrogen-bond acceptors (Lipinski definition) is 3. The minimum Gasteiger partial charge on any atom is -0.295 e. The van der Waals surface area contributed by atoms with E-state index in [0.717, 1.165) is 4.57 Å². The molecular weight excluding hydrogens is 206 g/mol. The van der Waals surface area contributed by atoms with Crippen molar-refractivity contribution in [3.05, 3.63) is 39.3 Å². The van der Waals surface area contributed by atoms with Crippen LogP contribution in [0.5, 0.6) is 0 Å². The molecule has 0 saturated heterocycles. The molecule has 0 aromatic carbocycles. The monoisotopic (exact) mass is 221 g/mol. The van der Waals surface area contributed by atoms with Crippen LogP contribution in [0.25, 0.3) is 10.9 Å². The first-order valence-electron chi connectivity index (χ1n) is 5.12. The van der Waals surface area contributed by atoms with E-state index in [0.29, 0.717) is 10.9 Å². The summed E-state index contributed by atoms with van der Waals surface area (Å²) in [6.07, 6.45) is 3.05. The average molecular weight is 221 g/mol. The van der Waals surface area contributed by atoms with Crippen LogP contribution in [0, 0.1) is 0 Å². The summed E-state index contributed by atoms with van der Waals surface area (Å²) >= 11 is 0. The second-order valence-corrected chi connectivity index (χ2v) is 3.10. The van der Waals surface area contributed by atoms with E-state index in [9.17, 15) is 9.59 Å². The molecule has 0 atom stereocenters. The van der Waals surface area contributed by atoms with Crippen molar-refractivity contribution in [2.45, 2.75) is 13.8 Å². The van der Waals surface area contributed by atoms with Gasteiger partial charge in [-0.2, -0.15) is 0 Å². The fourth-order valence-electron chi connectivity index (χ4n) is 1.43. The van der Waals surface area contributed by atoms with E-state index in [4.69, 9.17) is 0 Å². The Morgan fingerprint density at radius 3 is 2.38 bits per heavy atom. The van der Waals surface area contributed by atoms with Crippen LogP contribution in [0.3, 0.4) is 0 Å². The van der Waals surface area contributed by atoms with E-state index < -0.39 is 0 Å². The number of aryl methyl sites for hydroxylation is 1. The lowest BCUT2D eigenvalue weighted by Crippen LogP contribution is -2.36. The molecule has 0 saturated carbocycles. The van der Waals surface area contributed by atoms with Crippen LogP contribution in [0.4, 0.5) is 0 Å². The van der Waals surface area contributed by atoms with Gasteiger partial charge in [0.25, 0.3) is 5.56 Å². The van der Waals surface area contributed by atoms with Gasteiger partial charge in [-0.05, 0) is 6.07 Å². The van der Waals surface area contributed by atoms with E-state index in [1.54, 1.807) is 13.1 Å². The van der Waals surface area contributed by atoms with Gasteiger partial charge in [0.2, 0.25) is 0 Å². The van der Waals surface area contributed by atoms with Crippen molar-refractivity contribution in [2.24, 2.45) is 14.1 Å². The Balaban J connectivity index is 0.000000606. The molecule has 2 heterocycles. The van der Waals surface area contributed by atoms with Gasteiger partial charge in [0.15, 0.2) is 0 Å². The van der Waals surface area contributed by atoms with Crippen LogP contribution in [-0.2, 0) is 14.1 Å². The number of nitrogens with zero attached hydrogens (tertiary/aromatic N) is 3. The van der Waals surface area contributed by atoms with E-state index in [-0.39, 0.29) is 11.2 Å². The predicted octanol–water partition coefficient (Wildman–Crippen LogP) is 0.658. The highest BCUT2D eigenvalue weighted by atomic mass is 16.2. The number of fused-ring (bicyclic) bond motifs is 1. The van der Waals surface area contributed by atoms with Crippen molar-refractivity contribution < 1.29 is 0 Å². The van der Waals surface area contributed by atoms with Crippen molar-refractivity contribution in [1.82, 2.24) is 14.1 Å².